The van der Waals surface area contributed by atoms with Gasteiger partial charge in [-0.15, -0.1) is 0 Å². The molecule has 0 fully saturated rings. The van der Waals surface area contributed by atoms with Crippen molar-refractivity contribution in [2.75, 3.05) is 19.4 Å². The number of rotatable bonds is 18. The number of carbonyl (C=O) groups is 1. The smallest absolute Gasteiger partial charge is 0.268 e. The molecule has 0 unspecified atom stereocenters. The molecule has 0 aromatic heterocycles. The molecular weight excluding hydrogens is 338 g/mol. The number of carbonyl (C=O) groups excluding carboxylic acids is 1. The van der Waals surface area contributed by atoms with Crippen LogP contribution in [0.15, 0.2) is 0 Å². The van der Waals surface area contributed by atoms with Gasteiger partial charge in [0.25, 0.3) is 10.1 Å². The van der Waals surface area contributed by atoms with E-state index in [9.17, 15) is 13.2 Å². The van der Waals surface area contributed by atoms with Crippen LogP contribution in [-0.4, -0.2) is 33.7 Å². The van der Waals surface area contributed by atoms with Gasteiger partial charge >= 0.3 is 0 Å². The van der Waals surface area contributed by atoms with Gasteiger partial charge in [-0.3, -0.25) is 8.98 Å². The highest BCUT2D eigenvalue weighted by molar-refractivity contribution is 7.86. The summed E-state index contributed by atoms with van der Waals surface area (Å²) in [5, 5.41) is 2.62. The minimum Gasteiger partial charge on any atom is -0.355 e. The summed E-state index contributed by atoms with van der Waals surface area (Å²) < 4.78 is 26.5. The van der Waals surface area contributed by atoms with Gasteiger partial charge in [-0.05, 0) is 6.42 Å². The maximum absolute atomic E-state index is 11.6. The number of nitrogens with one attached hydrogen (secondary N) is 1. The lowest BCUT2D eigenvalue weighted by Gasteiger charge is -2.05. The van der Waals surface area contributed by atoms with Crippen molar-refractivity contribution >= 4 is 16.0 Å². The lowest BCUT2D eigenvalue weighted by Crippen LogP contribution is -2.29. The van der Waals surface area contributed by atoms with Gasteiger partial charge < -0.3 is 5.32 Å². The van der Waals surface area contributed by atoms with E-state index in [-0.39, 0.29) is 18.2 Å². The van der Waals surface area contributed by atoms with Gasteiger partial charge in [0.05, 0.1) is 12.9 Å². The van der Waals surface area contributed by atoms with Gasteiger partial charge in [0, 0.05) is 13.0 Å². The Hall–Kier alpha value is -0.620. The van der Waals surface area contributed by atoms with Crippen molar-refractivity contribution < 1.29 is 17.4 Å². The highest BCUT2D eigenvalue weighted by atomic mass is 32.2. The van der Waals surface area contributed by atoms with Crippen molar-refractivity contribution in [1.29, 1.82) is 0 Å². The molecule has 25 heavy (non-hydrogen) atoms. The van der Waals surface area contributed by atoms with Crippen LogP contribution < -0.4 is 5.32 Å². The Labute approximate surface area is 155 Å². The summed E-state index contributed by atoms with van der Waals surface area (Å²) in [5.41, 5.74) is 0. The van der Waals surface area contributed by atoms with E-state index in [1.165, 1.54) is 70.6 Å². The van der Waals surface area contributed by atoms with Crippen LogP contribution in [0.4, 0.5) is 0 Å². The van der Waals surface area contributed by atoms with E-state index in [0.29, 0.717) is 6.42 Å². The van der Waals surface area contributed by atoms with Crippen molar-refractivity contribution in [2.45, 2.75) is 96.8 Å². The quantitative estimate of drug-likeness (QED) is 0.281. The highest BCUT2D eigenvalue weighted by Gasteiger charge is 2.09. The molecule has 0 heterocycles. The average Bonchev–Trinajstić information content (AvgIpc) is 2.59. The third-order valence-corrected chi connectivity index (χ3v) is 5.65. The maximum Gasteiger partial charge on any atom is 0.268 e. The molecule has 0 aliphatic carbocycles. The van der Waals surface area contributed by atoms with Crippen LogP contribution in [0.1, 0.15) is 96.8 Å². The molecule has 0 bridgehead atoms. The van der Waals surface area contributed by atoms with Gasteiger partial charge in [-0.25, -0.2) is 0 Å². The van der Waals surface area contributed by atoms with Crippen LogP contribution in [0.2, 0.25) is 0 Å². The van der Waals surface area contributed by atoms with E-state index in [1.807, 2.05) is 0 Å². The molecule has 5 nitrogen and oxygen atoms in total. The van der Waals surface area contributed by atoms with E-state index in [2.05, 4.69) is 16.4 Å². The molecule has 0 aromatic rings. The van der Waals surface area contributed by atoms with Crippen LogP contribution in [0, 0.1) is 0 Å². The molecule has 0 radical (unpaired) electrons. The fraction of sp³-hybridized carbons (Fsp3) is 0.947. The molecule has 0 aliphatic heterocycles. The molecule has 0 spiro atoms. The molecule has 150 valence electrons. The molecule has 0 aliphatic rings. The number of amides is 1. The summed E-state index contributed by atoms with van der Waals surface area (Å²) in [4.78, 5) is 11.6. The molecule has 6 heteroatoms. The molecule has 1 amide bonds. The molecule has 0 rings (SSSR count). The Bertz CT molecular complexity index is 410. The van der Waals surface area contributed by atoms with Crippen molar-refractivity contribution in [2.24, 2.45) is 0 Å². The Kier molecular flexibility index (Phi) is 16.4. The zero-order chi connectivity index (χ0) is 18.8. The largest absolute Gasteiger partial charge is 0.355 e. The number of unbranched alkanes of at least 4 members (excludes halogenated alkanes) is 12. The SMILES string of the molecule is CCCCCCCCCCCCCCCC(=O)NCCS(=O)(=O)OC. The number of hydrogen-bond donors (Lipinski definition) is 1. The summed E-state index contributed by atoms with van der Waals surface area (Å²) in [6.07, 6.45) is 17.1. The second-order valence-electron chi connectivity index (χ2n) is 6.77. The van der Waals surface area contributed by atoms with E-state index in [0.717, 1.165) is 20.0 Å². The fourth-order valence-corrected chi connectivity index (χ4v) is 3.31. The van der Waals surface area contributed by atoms with Crippen LogP contribution in [-0.2, 0) is 19.1 Å². The van der Waals surface area contributed by atoms with Gasteiger partial charge in [0.15, 0.2) is 0 Å². The van der Waals surface area contributed by atoms with Crippen LogP contribution in [0.5, 0.6) is 0 Å². The third-order valence-electron chi connectivity index (χ3n) is 4.44. The molecule has 0 atom stereocenters. The van der Waals surface area contributed by atoms with Gasteiger partial charge in [-0.2, -0.15) is 8.42 Å². The predicted molar refractivity (Wildman–Crippen MR) is 104 cm³/mol. The summed E-state index contributed by atoms with van der Waals surface area (Å²) in [6.45, 7) is 2.37. The van der Waals surface area contributed by atoms with Gasteiger partial charge in [-0.1, -0.05) is 84.0 Å². The van der Waals surface area contributed by atoms with Crippen LogP contribution in [0.25, 0.3) is 0 Å². The first-order chi connectivity index (χ1) is 12.0. The second kappa shape index (κ2) is 16.8. The van der Waals surface area contributed by atoms with Crippen molar-refractivity contribution in [1.82, 2.24) is 5.32 Å². The van der Waals surface area contributed by atoms with E-state index in [4.69, 9.17) is 0 Å². The number of hydrogen-bond acceptors (Lipinski definition) is 4. The summed E-state index contributed by atoms with van der Waals surface area (Å²) in [7, 11) is -2.35. The monoisotopic (exact) mass is 377 g/mol. The maximum atomic E-state index is 11.6. The van der Waals surface area contributed by atoms with Gasteiger partial charge in [0.1, 0.15) is 0 Å². The van der Waals surface area contributed by atoms with Crippen LogP contribution >= 0.6 is 0 Å². The Morgan fingerprint density at radius 1 is 0.800 bits per heavy atom. The summed E-state index contributed by atoms with van der Waals surface area (Å²) >= 11 is 0. The molecule has 0 aromatic carbocycles. The summed E-state index contributed by atoms with van der Waals surface area (Å²) in [5.74, 6) is -0.247. The zero-order valence-corrected chi connectivity index (χ0v) is 17.2. The zero-order valence-electron chi connectivity index (χ0n) is 16.4. The minimum absolute atomic E-state index is 0.0747. The first kappa shape index (κ1) is 24.4. The van der Waals surface area contributed by atoms with E-state index < -0.39 is 10.1 Å². The lowest BCUT2D eigenvalue weighted by atomic mass is 10.0. The summed E-state index contributed by atoms with van der Waals surface area (Å²) in [6, 6.07) is 0. The highest BCUT2D eigenvalue weighted by Crippen LogP contribution is 2.12. The van der Waals surface area contributed by atoms with E-state index >= 15 is 0 Å². The molecular formula is C19H39NO4S. The van der Waals surface area contributed by atoms with Crippen LogP contribution in [0.3, 0.4) is 0 Å². The first-order valence-electron chi connectivity index (χ1n) is 10.1. The fourth-order valence-electron chi connectivity index (χ4n) is 2.79. The normalized spacial score (nSPS) is 11.6. The molecule has 0 saturated carbocycles. The standard InChI is InChI=1S/C19H39NO4S/c1-3-4-5-6-7-8-9-10-11-12-13-14-15-16-19(21)20-17-18-25(22,23)24-2/h3-18H2,1-2H3,(H,20,21). The molecule has 1 N–H and O–H groups in total. The molecule has 0 saturated heterocycles. The minimum atomic E-state index is -3.48. The first-order valence-corrected chi connectivity index (χ1v) is 11.6. The van der Waals surface area contributed by atoms with Gasteiger partial charge in [0.2, 0.25) is 5.91 Å². The lowest BCUT2D eigenvalue weighted by molar-refractivity contribution is -0.121. The average molecular weight is 378 g/mol. The third kappa shape index (κ3) is 18.0. The second-order valence-corrected chi connectivity index (χ2v) is 8.63. The topological polar surface area (TPSA) is 72.5 Å². The Morgan fingerprint density at radius 3 is 1.68 bits per heavy atom. The Balaban J connectivity index is 3.26. The van der Waals surface area contributed by atoms with Crippen molar-refractivity contribution in [3.05, 3.63) is 0 Å². The predicted octanol–water partition coefficient (Wildman–Crippen LogP) is 4.56. The van der Waals surface area contributed by atoms with E-state index in [1.54, 1.807) is 0 Å². The van der Waals surface area contributed by atoms with Crippen molar-refractivity contribution in [3.8, 4) is 0 Å². The van der Waals surface area contributed by atoms with Crippen molar-refractivity contribution in [3.63, 3.8) is 0 Å². The Morgan fingerprint density at radius 2 is 1.24 bits per heavy atom.